The van der Waals surface area contributed by atoms with Crippen LogP contribution in [0.5, 0.6) is 0 Å². The van der Waals surface area contributed by atoms with Gasteiger partial charge in [-0.1, -0.05) is 13.0 Å². The summed E-state index contributed by atoms with van der Waals surface area (Å²) in [4.78, 5) is 4.11. The van der Waals surface area contributed by atoms with E-state index in [0.29, 0.717) is 0 Å². The molecule has 0 spiro atoms. The summed E-state index contributed by atoms with van der Waals surface area (Å²) < 4.78 is 0. The van der Waals surface area contributed by atoms with Crippen LogP contribution in [-0.2, 0) is 0 Å². The Morgan fingerprint density at radius 1 is 1.56 bits per heavy atom. The highest BCUT2D eigenvalue weighted by Gasteiger charge is 1.86. The molecule has 0 aliphatic rings. The summed E-state index contributed by atoms with van der Waals surface area (Å²) in [7, 11) is 0. The minimum atomic E-state index is 1.05. The van der Waals surface area contributed by atoms with E-state index in [1.165, 1.54) is 0 Å². The molecule has 1 aromatic rings. The van der Waals surface area contributed by atoms with E-state index in [4.69, 9.17) is 0 Å². The van der Waals surface area contributed by atoms with Crippen LogP contribution < -0.4 is 0 Å². The molecule has 0 amide bonds. The fourth-order valence-electron chi connectivity index (χ4n) is 0.706. The lowest BCUT2D eigenvalue weighted by atomic mass is 10.2. The van der Waals surface area contributed by atoms with E-state index in [1.54, 1.807) is 0 Å². The van der Waals surface area contributed by atoms with E-state index in [2.05, 4.69) is 18.3 Å². The molecule has 0 unspecified atom stereocenters. The summed E-state index contributed by atoms with van der Waals surface area (Å²) in [5, 5.41) is 0. The molecule has 0 saturated heterocycles. The molecular formula is C8H10N. The lowest BCUT2D eigenvalue weighted by Gasteiger charge is -1.92. The van der Waals surface area contributed by atoms with Gasteiger partial charge in [-0.05, 0) is 18.6 Å². The number of hydrogen-bond acceptors (Lipinski definition) is 1. The van der Waals surface area contributed by atoms with Crippen LogP contribution in [0.1, 0.15) is 19.0 Å². The average Bonchev–Trinajstić information content (AvgIpc) is 1.91. The second-order valence-electron chi connectivity index (χ2n) is 1.87. The zero-order valence-electron chi connectivity index (χ0n) is 5.54. The average molecular weight is 120 g/mol. The van der Waals surface area contributed by atoms with Crippen molar-refractivity contribution in [2.75, 3.05) is 0 Å². The molecule has 0 saturated carbocycles. The Morgan fingerprint density at radius 3 is 3.00 bits per heavy atom. The first-order valence-corrected chi connectivity index (χ1v) is 3.17. The van der Waals surface area contributed by atoms with Crippen molar-refractivity contribution in [3.05, 3.63) is 36.5 Å². The third-order valence-electron chi connectivity index (χ3n) is 1.10. The first-order valence-electron chi connectivity index (χ1n) is 3.17. The lowest BCUT2D eigenvalue weighted by molar-refractivity contribution is 1.07. The molecule has 0 aliphatic carbocycles. The van der Waals surface area contributed by atoms with E-state index < -0.39 is 0 Å². The van der Waals surface area contributed by atoms with Gasteiger partial charge < -0.3 is 0 Å². The Morgan fingerprint density at radius 2 is 2.44 bits per heavy atom. The van der Waals surface area contributed by atoms with E-state index in [9.17, 15) is 0 Å². The van der Waals surface area contributed by atoms with Crippen molar-refractivity contribution in [1.29, 1.82) is 0 Å². The first-order chi connectivity index (χ1) is 4.43. The summed E-state index contributed by atoms with van der Waals surface area (Å²) in [6.45, 7) is 2.11. The van der Waals surface area contributed by atoms with Gasteiger partial charge in [0.05, 0.1) is 0 Å². The van der Waals surface area contributed by atoms with Crippen molar-refractivity contribution in [2.24, 2.45) is 0 Å². The SMILES string of the molecule is CC[CH]c1ccccn1. The monoisotopic (exact) mass is 120 g/mol. The molecule has 9 heavy (non-hydrogen) atoms. The summed E-state index contributed by atoms with van der Waals surface area (Å²) in [5.41, 5.74) is 1.07. The quantitative estimate of drug-likeness (QED) is 0.582. The molecule has 0 aromatic carbocycles. The van der Waals surface area contributed by atoms with Gasteiger partial charge in [0.15, 0.2) is 0 Å². The highest BCUT2D eigenvalue weighted by molar-refractivity contribution is 5.11. The Balaban J connectivity index is 2.61. The van der Waals surface area contributed by atoms with Crippen LogP contribution >= 0.6 is 0 Å². The van der Waals surface area contributed by atoms with Crippen molar-refractivity contribution in [2.45, 2.75) is 13.3 Å². The lowest BCUT2D eigenvalue weighted by Crippen LogP contribution is -1.82. The van der Waals surface area contributed by atoms with Crippen LogP contribution in [0, 0.1) is 6.42 Å². The molecule has 0 bridgehead atoms. The molecule has 1 nitrogen and oxygen atoms in total. The number of pyridine rings is 1. The molecule has 0 fully saturated rings. The second-order valence-corrected chi connectivity index (χ2v) is 1.87. The highest BCUT2D eigenvalue weighted by Crippen LogP contribution is 1.98. The van der Waals surface area contributed by atoms with Gasteiger partial charge in [0.25, 0.3) is 0 Å². The number of aromatic nitrogens is 1. The maximum Gasteiger partial charge on any atom is 0.0441 e. The molecule has 1 radical (unpaired) electrons. The third kappa shape index (κ3) is 1.84. The normalized spacial score (nSPS) is 9.44. The van der Waals surface area contributed by atoms with E-state index in [-0.39, 0.29) is 0 Å². The van der Waals surface area contributed by atoms with Crippen LogP contribution in [0.2, 0.25) is 0 Å². The van der Waals surface area contributed by atoms with Crippen LogP contribution in [-0.4, -0.2) is 4.98 Å². The van der Waals surface area contributed by atoms with Gasteiger partial charge in [-0.2, -0.15) is 0 Å². The molecular weight excluding hydrogens is 110 g/mol. The van der Waals surface area contributed by atoms with E-state index >= 15 is 0 Å². The summed E-state index contributed by atoms with van der Waals surface area (Å²) in [6.07, 6.45) is 4.96. The zero-order chi connectivity index (χ0) is 6.53. The topological polar surface area (TPSA) is 12.9 Å². The van der Waals surface area contributed by atoms with Gasteiger partial charge in [0.2, 0.25) is 0 Å². The Bertz CT molecular complexity index is 157. The highest BCUT2D eigenvalue weighted by atomic mass is 14.7. The molecule has 1 heterocycles. The fourth-order valence-corrected chi connectivity index (χ4v) is 0.706. The van der Waals surface area contributed by atoms with Crippen LogP contribution in [0.4, 0.5) is 0 Å². The largest absolute Gasteiger partial charge is 0.261 e. The van der Waals surface area contributed by atoms with Gasteiger partial charge >= 0.3 is 0 Å². The third-order valence-corrected chi connectivity index (χ3v) is 1.10. The minimum absolute atomic E-state index is 1.05. The number of rotatable bonds is 2. The van der Waals surface area contributed by atoms with Crippen LogP contribution in [0.15, 0.2) is 24.4 Å². The van der Waals surface area contributed by atoms with Crippen LogP contribution in [0.25, 0.3) is 0 Å². The predicted octanol–water partition coefficient (Wildman–Crippen LogP) is 2.04. The standard InChI is InChI=1S/C8H10N/c1-2-5-8-6-3-4-7-9-8/h3-7H,2H2,1H3. The molecule has 1 aromatic heterocycles. The molecule has 1 heteroatoms. The molecule has 0 aliphatic heterocycles. The van der Waals surface area contributed by atoms with Crippen molar-refractivity contribution in [1.82, 2.24) is 4.98 Å². The van der Waals surface area contributed by atoms with Crippen molar-refractivity contribution in [3.63, 3.8) is 0 Å². The van der Waals surface area contributed by atoms with E-state index in [0.717, 1.165) is 12.1 Å². The molecule has 1 rings (SSSR count). The maximum absolute atomic E-state index is 4.11. The summed E-state index contributed by atoms with van der Waals surface area (Å²) >= 11 is 0. The Labute approximate surface area is 55.7 Å². The maximum atomic E-state index is 4.11. The Hall–Kier alpha value is -0.850. The van der Waals surface area contributed by atoms with Crippen molar-refractivity contribution >= 4 is 0 Å². The second kappa shape index (κ2) is 3.23. The van der Waals surface area contributed by atoms with Gasteiger partial charge in [0, 0.05) is 18.3 Å². The molecule has 0 atom stereocenters. The number of hydrogen-bond donors (Lipinski definition) is 0. The summed E-state index contributed by atoms with van der Waals surface area (Å²) in [5.74, 6) is 0. The molecule has 47 valence electrons. The first kappa shape index (κ1) is 6.27. The molecule has 0 N–H and O–H groups in total. The van der Waals surface area contributed by atoms with Gasteiger partial charge in [0.1, 0.15) is 0 Å². The fraction of sp³-hybridized carbons (Fsp3) is 0.250. The van der Waals surface area contributed by atoms with E-state index in [1.807, 2.05) is 24.4 Å². The summed E-state index contributed by atoms with van der Waals surface area (Å²) in [6, 6.07) is 5.92. The van der Waals surface area contributed by atoms with Gasteiger partial charge in [-0.3, -0.25) is 4.98 Å². The number of nitrogens with zero attached hydrogens (tertiary/aromatic N) is 1. The van der Waals surface area contributed by atoms with Crippen molar-refractivity contribution < 1.29 is 0 Å². The van der Waals surface area contributed by atoms with Gasteiger partial charge in [-0.15, -0.1) is 0 Å². The van der Waals surface area contributed by atoms with Crippen molar-refractivity contribution in [3.8, 4) is 0 Å². The van der Waals surface area contributed by atoms with Crippen LogP contribution in [0.3, 0.4) is 0 Å². The predicted molar refractivity (Wildman–Crippen MR) is 37.9 cm³/mol. The minimum Gasteiger partial charge on any atom is -0.261 e. The van der Waals surface area contributed by atoms with Gasteiger partial charge in [-0.25, -0.2) is 0 Å². The zero-order valence-corrected chi connectivity index (χ0v) is 5.54. The Kier molecular flexibility index (Phi) is 2.25. The smallest absolute Gasteiger partial charge is 0.0441 e.